The molecule has 134 valence electrons. The average Bonchev–Trinajstić information content (AvgIpc) is 3.04. The van der Waals surface area contributed by atoms with E-state index in [1.807, 2.05) is 0 Å². The first-order chi connectivity index (χ1) is 12.0. The van der Waals surface area contributed by atoms with Crippen LogP contribution in [0.4, 0.5) is 8.78 Å². The number of hydrogen-bond acceptors (Lipinski definition) is 3. The van der Waals surface area contributed by atoms with Crippen molar-refractivity contribution in [3.8, 4) is 0 Å². The van der Waals surface area contributed by atoms with E-state index in [4.69, 9.17) is 11.6 Å². The van der Waals surface area contributed by atoms with E-state index in [1.165, 1.54) is 12.4 Å². The molecule has 2 N–H and O–H groups in total. The van der Waals surface area contributed by atoms with Gasteiger partial charge in [0, 0.05) is 48.9 Å². The van der Waals surface area contributed by atoms with Crippen LogP contribution < -0.4 is 10.6 Å². The number of imidazole rings is 1. The molecule has 0 aliphatic carbocycles. The standard InChI is InChI=1S/C16H17ClF2N4O2/c17-12-3-1-11(2-4-12)15(25)22-8-6-14(24)21-7-5-13-20-9-10-23(13)16(18)19/h1-4,9-10,16H,5-8H2,(H,21,24)(H,22,25). The Balaban J connectivity index is 1.66. The maximum Gasteiger partial charge on any atom is 0.319 e. The Hall–Kier alpha value is -2.48. The number of carbonyl (C=O) groups is 2. The van der Waals surface area contributed by atoms with Gasteiger partial charge in [0.05, 0.1) is 0 Å². The molecule has 0 bridgehead atoms. The number of benzene rings is 1. The minimum Gasteiger partial charge on any atom is -0.356 e. The molecule has 2 rings (SSSR count). The van der Waals surface area contributed by atoms with E-state index >= 15 is 0 Å². The van der Waals surface area contributed by atoms with Crippen molar-refractivity contribution in [1.82, 2.24) is 20.2 Å². The summed E-state index contributed by atoms with van der Waals surface area (Å²) in [6.45, 7) is -2.30. The molecule has 9 heteroatoms. The minimum atomic E-state index is -2.66. The lowest BCUT2D eigenvalue weighted by atomic mass is 10.2. The van der Waals surface area contributed by atoms with Gasteiger partial charge in [-0.2, -0.15) is 8.78 Å². The Kier molecular flexibility index (Phi) is 6.88. The first-order valence-corrected chi connectivity index (χ1v) is 7.95. The van der Waals surface area contributed by atoms with E-state index in [-0.39, 0.29) is 43.6 Å². The predicted molar refractivity (Wildman–Crippen MR) is 88.6 cm³/mol. The van der Waals surface area contributed by atoms with Gasteiger partial charge in [-0.15, -0.1) is 0 Å². The van der Waals surface area contributed by atoms with Crippen LogP contribution in [0.5, 0.6) is 0 Å². The molecule has 6 nitrogen and oxygen atoms in total. The number of rotatable bonds is 8. The molecule has 0 atom stereocenters. The quantitative estimate of drug-likeness (QED) is 0.749. The van der Waals surface area contributed by atoms with Crippen LogP contribution in [0.25, 0.3) is 0 Å². The third-order valence-electron chi connectivity index (χ3n) is 3.37. The fourth-order valence-electron chi connectivity index (χ4n) is 2.11. The summed E-state index contributed by atoms with van der Waals surface area (Å²) in [6.07, 6.45) is 2.76. The summed E-state index contributed by atoms with van der Waals surface area (Å²) in [4.78, 5) is 27.4. The smallest absolute Gasteiger partial charge is 0.319 e. The van der Waals surface area contributed by atoms with E-state index in [0.717, 1.165) is 4.57 Å². The number of hydrogen-bond donors (Lipinski definition) is 2. The zero-order valence-electron chi connectivity index (χ0n) is 13.2. The van der Waals surface area contributed by atoms with E-state index < -0.39 is 6.55 Å². The maximum atomic E-state index is 12.6. The molecule has 2 amide bonds. The molecule has 0 unspecified atom stereocenters. The number of carbonyl (C=O) groups excluding carboxylic acids is 2. The second-order valence-corrected chi connectivity index (χ2v) is 5.58. The van der Waals surface area contributed by atoms with Gasteiger partial charge < -0.3 is 10.6 Å². The molecule has 1 aromatic carbocycles. The van der Waals surface area contributed by atoms with Crippen LogP contribution in [0, 0.1) is 0 Å². The van der Waals surface area contributed by atoms with Gasteiger partial charge in [-0.3, -0.25) is 14.2 Å². The molecule has 25 heavy (non-hydrogen) atoms. The van der Waals surface area contributed by atoms with Crippen molar-refractivity contribution < 1.29 is 18.4 Å². The van der Waals surface area contributed by atoms with Crippen molar-refractivity contribution in [3.05, 3.63) is 53.1 Å². The molecule has 1 heterocycles. The third kappa shape index (κ3) is 5.82. The summed E-state index contributed by atoms with van der Waals surface area (Å²) < 4.78 is 26.0. The lowest BCUT2D eigenvalue weighted by molar-refractivity contribution is -0.120. The van der Waals surface area contributed by atoms with Gasteiger partial charge in [-0.05, 0) is 24.3 Å². The summed E-state index contributed by atoms with van der Waals surface area (Å²) >= 11 is 5.74. The van der Waals surface area contributed by atoms with Crippen molar-refractivity contribution >= 4 is 23.4 Å². The zero-order chi connectivity index (χ0) is 18.2. The fraction of sp³-hybridized carbons (Fsp3) is 0.312. The monoisotopic (exact) mass is 370 g/mol. The van der Waals surface area contributed by atoms with E-state index in [0.29, 0.717) is 10.6 Å². The SMILES string of the molecule is O=C(CCNC(=O)c1ccc(Cl)cc1)NCCc1nccn1C(F)F. The average molecular weight is 371 g/mol. The van der Waals surface area contributed by atoms with Crippen LogP contribution in [0.3, 0.4) is 0 Å². The first-order valence-electron chi connectivity index (χ1n) is 7.57. The highest BCUT2D eigenvalue weighted by Gasteiger charge is 2.11. The summed E-state index contributed by atoms with van der Waals surface area (Å²) in [6, 6.07) is 6.38. The Morgan fingerprint density at radius 2 is 1.88 bits per heavy atom. The molecule has 0 saturated heterocycles. The summed E-state index contributed by atoms with van der Waals surface area (Å²) in [5.74, 6) is -0.388. The summed E-state index contributed by atoms with van der Waals surface area (Å²) in [5.41, 5.74) is 0.448. The van der Waals surface area contributed by atoms with Gasteiger partial charge in [0.1, 0.15) is 5.82 Å². The second-order valence-electron chi connectivity index (χ2n) is 5.14. The molecule has 0 spiro atoms. The van der Waals surface area contributed by atoms with Crippen LogP contribution in [-0.2, 0) is 11.2 Å². The molecular formula is C16H17ClF2N4O2. The Bertz CT molecular complexity index is 719. The van der Waals surface area contributed by atoms with Crippen LogP contribution >= 0.6 is 11.6 Å². The summed E-state index contributed by atoms with van der Waals surface area (Å²) in [5, 5.41) is 5.75. The largest absolute Gasteiger partial charge is 0.356 e. The highest BCUT2D eigenvalue weighted by atomic mass is 35.5. The lowest BCUT2D eigenvalue weighted by Crippen LogP contribution is -2.32. The van der Waals surface area contributed by atoms with Crippen molar-refractivity contribution in [3.63, 3.8) is 0 Å². The van der Waals surface area contributed by atoms with Crippen LogP contribution in [0.1, 0.15) is 29.2 Å². The second kappa shape index (κ2) is 9.12. The van der Waals surface area contributed by atoms with Gasteiger partial charge in [0.15, 0.2) is 0 Å². The lowest BCUT2D eigenvalue weighted by Gasteiger charge is -2.08. The van der Waals surface area contributed by atoms with Crippen molar-refractivity contribution in [2.24, 2.45) is 0 Å². The van der Waals surface area contributed by atoms with Crippen LogP contribution in [-0.4, -0.2) is 34.5 Å². The van der Waals surface area contributed by atoms with Crippen molar-refractivity contribution in [2.45, 2.75) is 19.4 Å². The molecular weight excluding hydrogens is 354 g/mol. The van der Waals surface area contributed by atoms with E-state index in [1.54, 1.807) is 24.3 Å². The van der Waals surface area contributed by atoms with Crippen LogP contribution in [0.15, 0.2) is 36.7 Å². The highest BCUT2D eigenvalue weighted by molar-refractivity contribution is 6.30. The number of aromatic nitrogens is 2. The number of nitrogens with one attached hydrogen (secondary N) is 2. The van der Waals surface area contributed by atoms with Gasteiger partial charge in [-0.1, -0.05) is 11.6 Å². The first kappa shape index (κ1) is 18.9. The summed E-state index contributed by atoms with van der Waals surface area (Å²) in [7, 11) is 0. The third-order valence-corrected chi connectivity index (χ3v) is 3.63. The minimum absolute atomic E-state index is 0.0859. The number of alkyl halides is 2. The maximum absolute atomic E-state index is 12.6. The number of nitrogens with zero attached hydrogens (tertiary/aromatic N) is 2. The molecule has 0 aliphatic rings. The van der Waals surface area contributed by atoms with E-state index in [2.05, 4.69) is 15.6 Å². The number of amides is 2. The normalized spacial score (nSPS) is 10.7. The highest BCUT2D eigenvalue weighted by Crippen LogP contribution is 2.12. The Labute approximate surface area is 148 Å². The van der Waals surface area contributed by atoms with Gasteiger partial charge in [0.25, 0.3) is 5.91 Å². The molecule has 0 fully saturated rings. The van der Waals surface area contributed by atoms with Gasteiger partial charge in [0.2, 0.25) is 5.91 Å². The molecule has 0 aliphatic heterocycles. The molecule has 0 radical (unpaired) electrons. The van der Waals surface area contributed by atoms with Gasteiger partial charge in [-0.25, -0.2) is 4.98 Å². The Morgan fingerprint density at radius 1 is 1.16 bits per heavy atom. The molecule has 0 saturated carbocycles. The number of halogens is 3. The topological polar surface area (TPSA) is 76.0 Å². The van der Waals surface area contributed by atoms with Crippen molar-refractivity contribution in [2.75, 3.05) is 13.1 Å². The van der Waals surface area contributed by atoms with Crippen LogP contribution in [0.2, 0.25) is 5.02 Å². The fourth-order valence-corrected chi connectivity index (χ4v) is 2.24. The van der Waals surface area contributed by atoms with E-state index in [9.17, 15) is 18.4 Å². The zero-order valence-corrected chi connectivity index (χ0v) is 14.0. The van der Waals surface area contributed by atoms with Crippen molar-refractivity contribution in [1.29, 1.82) is 0 Å². The van der Waals surface area contributed by atoms with Gasteiger partial charge >= 0.3 is 6.55 Å². The molecule has 2 aromatic rings. The molecule has 1 aromatic heterocycles. The Morgan fingerprint density at radius 3 is 2.56 bits per heavy atom. The predicted octanol–water partition coefficient (Wildman–Crippen LogP) is 2.41.